The summed E-state index contributed by atoms with van der Waals surface area (Å²) in [5, 5.41) is 11.4. The fraction of sp³-hybridized carbons (Fsp3) is 0.818. The van der Waals surface area contributed by atoms with Crippen molar-refractivity contribution in [3.63, 3.8) is 0 Å². The van der Waals surface area contributed by atoms with E-state index in [2.05, 4.69) is 15.6 Å². The molecule has 102 valence electrons. The first-order chi connectivity index (χ1) is 8.50. The number of nitrogens with zero attached hydrogens (tertiary/aromatic N) is 3. The van der Waals surface area contributed by atoms with Gasteiger partial charge >= 0.3 is 0 Å². The van der Waals surface area contributed by atoms with Crippen LogP contribution in [0.1, 0.15) is 19.0 Å². The summed E-state index contributed by atoms with van der Waals surface area (Å²) in [5.41, 5.74) is 0.910. The number of hydrogen-bond donors (Lipinski definition) is 1. The largest absolute Gasteiger partial charge is 0.314 e. The molecule has 0 aliphatic carbocycles. The Kier molecular flexibility index (Phi) is 4.01. The topological polar surface area (TPSA) is 76.9 Å². The quantitative estimate of drug-likeness (QED) is 0.801. The number of aromatic nitrogens is 3. The highest BCUT2D eigenvalue weighted by Gasteiger charge is 2.33. The van der Waals surface area contributed by atoms with Gasteiger partial charge in [-0.1, -0.05) is 12.1 Å². The maximum Gasteiger partial charge on any atom is 0.150 e. The molecule has 0 saturated carbocycles. The van der Waals surface area contributed by atoms with Gasteiger partial charge in [-0.3, -0.25) is 4.68 Å². The molecular formula is C11H20N4O2S. The van der Waals surface area contributed by atoms with Gasteiger partial charge in [-0.05, 0) is 18.9 Å². The zero-order valence-corrected chi connectivity index (χ0v) is 11.7. The third-order valence-electron chi connectivity index (χ3n) is 3.38. The molecule has 2 rings (SSSR count). The Morgan fingerprint density at radius 3 is 2.89 bits per heavy atom. The molecule has 1 N–H and O–H groups in total. The van der Waals surface area contributed by atoms with Crippen LogP contribution in [0.25, 0.3) is 0 Å². The van der Waals surface area contributed by atoms with Gasteiger partial charge in [0.05, 0.1) is 17.2 Å². The van der Waals surface area contributed by atoms with Crippen molar-refractivity contribution in [2.45, 2.75) is 25.8 Å². The number of aryl methyl sites for hydroxylation is 1. The van der Waals surface area contributed by atoms with Crippen molar-refractivity contribution in [3.05, 3.63) is 11.9 Å². The number of hydrogen-bond acceptors (Lipinski definition) is 5. The van der Waals surface area contributed by atoms with Gasteiger partial charge in [0.15, 0.2) is 9.84 Å². The number of rotatable bonds is 5. The van der Waals surface area contributed by atoms with Crippen molar-refractivity contribution in [1.82, 2.24) is 20.3 Å². The monoisotopic (exact) mass is 272 g/mol. The number of nitrogens with one attached hydrogen (secondary N) is 1. The third-order valence-corrected chi connectivity index (χ3v) is 5.18. The van der Waals surface area contributed by atoms with Gasteiger partial charge in [0.2, 0.25) is 0 Å². The summed E-state index contributed by atoms with van der Waals surface area (Å²) in [6.07, 6.45) is 3.37. The smallest absolute Gasteiger partial charge is 0.150 e. The molecule has 6 nitrogen and oxygen atoms in total. The summed E-state index contributed by atoms with van der Waals surface area (Å²) in [5.74, 6) is 0.808. The van der Waals surface area contributed by atoms with Crippen LogP contribution in [0.15, 0.2) is 6.20 Å². The highest BCUT2D eigenvalue weighted by molar-refractivity contribution is 7.91. The lowest BCUT2D eigenvalue weighted by molar-refractivity contribution is 0.383. The second kappa shape index (κ2) is 5.36. The van der Waals surface area contributed by atoms with E-state index in [4.69, 9.17) is 0 Å². The molecule has 0 radical (unpaired) electrons. The van der Waals surface area contributed by atoms with E-state index in [1.807, 2.05) is 20.2 Å². The van der Waals surface area contributed by atoms with Gasteiger partial charge in [0.1, 0.15) is 0 Å². The molecular weight excluding hydrogens is 252 g/mol. The standard InChI is InChI=1S/C11H20N4O2S/c1-3-12-11(6-10-7-15(2)14-13-10)9-4-5-18(16,17)8-9/h7,9,11-12H,3-6,8H2,1-2H3. The normalized spacial score (nSPS) is 24.2. The molecule has 1 aromatic heterocycles. The van der Waals surface area contributed by atoms with E-state index in [0.29, 0.717) is 11.5 Å². The van der Waals surface area contributed by atoms with Crippen LogP contribution in [0.5, 0.6) is 0 Å². The van der Waals surface area contributed by atoms with Crippen LogP contribution >= 0.6 is 0 Å². The van der Waals surface area contributed by atoms with Crippen LogP contribution in [0, 0.1) is 5.92 Å². The van der Waals surface area contributed by atoms with Crippen LogP contribution in [0.2, 0.25) is 0 Å². The minimum absolute atomic E-state index is 0.170. The molecule has 0 bridgehead atoms. The molecule has 2 heterocycles. The fourth-order valence-electron chi connectivity index (χ4n) is 2.52. The summed E-state index contributed by atoms with van der Waals surface area (Å²) in [6.45, 7) is 2.87. The first-order valence-electron chi connectivity index (χ1n) is 6.29. The second-order valence-corrected chi connectivity index (χ2v) is 7.14. The maximum absolute atomic E-state index is 11.5. The van der Waals surface area contributed by atoms with E-state index in [-0.39, 0.29) is 12.0 Å². The van der Waals surface area contributed by atoms with E-state index < -0.39 is 9.84 Å². The molecule has 1 aliphatic heterocycles. The lowest BCUT2D eigenvalue weighted by atomic mass is 9.95. The second-order valence-electron chi connectivity index (χ2n) is 4.91. The average Bonchev–Trinajstić information content (AvgIpc) is 2.84. The molecule has 2 atom stereocenters. The number of likely N-dealkylation sites (N-methyl/N-ethyl adjacent to an activating group) is 1. The molecule has 0 spiro atoms. The minimum atomic E-state index is -2.83. The highest BCUT2D eigenvalue weighted by Crippen LogP contribution is 2.23. The molecule has 18 heavy (non-hydrogen) atoms. The van der Waals surface area contributed by atoms with Crippen molar-refractivity contribution in [3.8, 4) is 0 Å². The Balaban J connectivity index is 2.04. The van der Waals surface area contributed by atoms with Crippen LogP contribution in [-0.2, 0) is 23.3 Å². The molecule has 2 unspecified atom stereocenters. The predicted molar refractivity (Wildman–Crippen MR) is 68.9 cm³/mol. The van der Waals surface area contributed by atoms with Gasteiger partial charge in [-0.2, -0.15) is 0 Å². The summed E-state index contributed by atoms with van der Waals surface area (Å²) >= 11 is 0. The van der Waals surface area contributed by atoms with E-state index in [0.717, 1.165) is 25.1 Å². The maximum atomic E-state index is 11.5. The molecule has 1 saturated heterocycles. The van der Waals surface area contributed by atoms with Crippen LogP contribution in [-0.4, -0.2) is 47.5 Å². The van der Waals surface area contributed by atoms with Crippen molar-refractivity contribution in [1.29, 1.82) is 0 Å². The molecule has 1 fully saturated rings. The van der Waals surface area contributed by atoms with Crippen LogP contribution in [0.3, 0.4) is 0 Å². The lowest BCUT2D eigenvalue weighted by Gasteiger charge is -2.22. The minimum Gasteiger partial charge on any atom is -0.314 e. The van der Waals surface area contributed by atoms with E-state index >= 15 is 0 Å². The van der Waals surface area contributed by atoms with Gasteiger partial charge in [-0.25, -0.2) is 8.42 Å². The van der Waals surface area contributed by atoms with Crippen molar-refractivity contribution >= 4 is 9.84 Å². The molecule has 1 aliphatic rings. The average molecular weight is 272 g/mol. The first kappa shape index (κ1) is 13.5. The highest BCUT2D eigenvalue weighted by atomic mass is 32.2. The van der Waals surface area contributed by atoms with Crippen molar-refractivity contribution < 1.29 is 8.42 Å². The van der Waals surface area contributed by atoms with Gasteiger partial charge in [-0.15, -0.1) is 5.10 Å². The SMILES string of the molecule is CCNC(Cc1cn(C)nn1)C1CCS(=O)(=O)C1. The number of sulfone groups is 1. The molecule has 0 aromatic carbocycles. The lowest BCUT2D eigenvalue weighted by Crippen LogP contribution is -2.38. The van der Waals surface area contributed by atoms with E-state index in [9.17, 15) is 8.42 Å². The summed E-state index contributed by atoms with van der Waals surface area (Å²) < 4.78 is 24.8. The predicted octanol–water partition coefficient (Wildman–Crippen LogP) is -0.230. The third kappa shape index (κ3) is 3.29. The van der Waals surface area contributed by atoms with Gasteiger partial charge in [0, 0.05) is 25.7 Å². The summed E-state index contributed by atoms with van der Waals surface area (Å²) in [4.78, 5) is 0. The van der Waals surface area contributed by atoms with Crippen LogP contribution in [0.4, 0.5) is 0 Å². The Hall–Kier alpha value is -0.950. The van der Waals surface area contributed by atoms with Gasteiger partial charge in [0.25, 0.3) is 0 Å². The zero-order chi connectivity index (χ0) is 13.2. The van der Waals surface area contributed by atoms with Crippen LogP contribution < -0.4 is 5.32 Å². The van der Waals surface area contributed by atoms with E-state index in [1.165, 1.54) is 0 Å². The van der Waals surface area contributed by atoms with E-state index in [1.54, 1.807) is 4.68 Å². The Labute approximate surface area is 108 Å². The summed E-state index contributed by atoms with van der Waals surface area (Å²) in [7, 11) is -0.995. The zero-order valence-electron chi connectivity index (χ0n) is 10.8. The Morgan fingerprint density at radius 1 is 1.61 bits per heavy atom. The van der Waals surface area contributed by atoms with Crippen molar-refractivity contribution in [2.75, 3.05) is 18.1 Å². The summed E-state index contributed by atoms with van der Waals surface area (Å²) in [6, 6.07) is 0.170. The van der Waals surface area contributed by atoms with Gasteiger partial charge < -0.3 is 5.32 Å². The van der Waals surface area contributed by atoms with Crippen molar-refractivity contribution in [2.24, 2.45) is 13.0 Å². The molecule has 0 amide bonds. The Morgan fingerprint density at radius 2 is 2.39 bits per heavy atom. The Bertz CT molecular complexity index is 497. The molecule has 7 heteroatoms. The molecule has 1 aromatic rings. The fourth-order valence-corrected chi connectivity index (χ4v) is 4.40. The first-order valence-corrected chi connectivity index (χ1v) is 8.11.